The fraction of sp³-hybridized carbons (Fsp3) is 0.278. The molecule has 0 fully saturated rings. The number of alkyl halides is 7. The molecule has 0 bridgehead atoms. The van der Waals surface area contributed by atoms with Crippen LogP contribution >= 0.6 is 15.9 Å². The normalized spacial score (nSPS) is 12.8. The molecule has 0 saturated heterocycles. The number of hydrogen-bond acceptors (Lipinski definition) is 4. The Morgan fingerprint density at radius 2 is 1.60 bits per heavy atom. The quantitative estimate of drug-likeness (QED) is 0.216. The summed E-state index contributed by atoms with van der Waals surface area (Å²) in [4.78, 5) is 0. The molecule has 0 aromatic heterocycles. The van der Waals surface area contributed by atoms with Gasteiger partial charge in [0, 0.05) is 4.47 Å². The van der Waals surface area contributed by atoms with E-state index in [0.29, 0.717) is 17.4 Å². The maximum atomic E-state index is 13.2. The Balaban J connectivity index is 2.07. The monoisotopic (exact) mass is 502 g/mol. The fourth-order valence-corrected chi connectivity index (χ4v) is 2.33. The summed E-state index contributed by atoms with van der Waals surface area (Å²) in [7, 11) is 1.30. The molecule has 0 atom stereocenters. The molecule has 0 aliphatic rings. The van der Waals surface area contributed by atoms with Crippen molar-refractivity contribution in [3.63, 3.8) is 0 Å². The van der Waals surface area contributed by atoms with Crippen LogP contribution in [0.5, 0.6) is 11.5 Å². The number of hydrazone groups is 1. The zero-order valence-electron chi connectivity index (χ0n) is 15.1. The number of rotatable bonds is 8. The zero-order valence-corrected chi connectivity index (χ0v) is 16.7. The second-order valence-electron chi connectivity index (χ2n) is 5.84. The summed E-state index contributed by atoms with van der Waals surface area (Å²) in [6.07, 6.45) is -5.81. The highest BCUT2D eigenvalue weighted by molar-refractivity contribution is 9.10. The molecule has 30 heavy (non-hydrogen) atoms. The third-order valence-corrected chi connectivity index (χ3v) is 4.19. The summed E-state index contributed by atoms with van der Waals surface area (Å²) in [5.74, 6) is -5.84. The van der Waals surface area contributed by atoms with E-state index in [1.54, 1.807) is 0 Å². The molecule has 164 valence electrons. The van der Waals surface area contributed by atoms with E-state index in [4.69, 9.17) is 9.47 Å². The standard InChI is InChI=1S/C18H14BrF7N2O2/c1-29-15-8-12(9-27-28-18(25,26)16(20,21)17(22,23)24)4-7-14(15)30-10-11-2-5-13(19)6-3-11/h2-9,28H,10H2,1H3/b27-9+. The number of ether oxygens (including phenoxy) is 2. The van der Waals surface area contributed by atoms with Crippen molar-refractivity contribution in [3.05, 3.63) is 58.1 Å². The van der Waals surface area contributed by atoms with Crippen molar-refractivity contribution in [1.82, 2.24) is 5.43 Å². The van der Waals surface area contributed by atoms with Crippen LogP contribution in [0.3, 0.4) is 0 Å². The average Bonchev–Trinajstić information content (AvgIpc) is 2.67. The second kappa shape index (κ2) is 9.11. The molecule has 0 unspecified atom stereocenters. The molecule has 0 heterocycles. The summed E-state index contributed by atoms with van der Waals surface area (Å²) in [5.41, 5.74) is 1.48. The van der Waals surface area contributed by atoms with Crippen LogP contribution in [0.4, 0.5) is 30.7 Å². The van der Waals surface area contributed by atoms with Gasteiger partial charge in [0.15, 0.2) is 11.5 Å². The third kappa shape index (κ3) is 5.55. The van der Waals surface area contributed by atoms with E-state index in [9.17, 15) is 30.7 Å². The van der Waals surface area contributed by atoms with E-state index >= 15 is 0 Å². The van der Waals surface area contributed by atoms with Gasteiger partial charge in [-0.3, -0.25) is 0 Å². The van der Waals surface area contributed by atoms with Crippen LogP contribution in [0.1, 0.15) is 11.1 Å². The third-order valence-electron chi connectivity index (χ3n) is 3.66. The lowest BCUT2D eigenvalue weighted by molar-refractivity contribution is -0.361. The number of methoxy groups -OCH3 is 1. The van der Waals surface area contributed by atoms with Gasteiger partial charge in [-0.05, 0) is 41.5 Å². The van der Waals surface area contributed by atoms with E-state index in [1.165, 1.54) is 25.3 Å². The maximum Gasteiger partial charge on any atom is 0.462 e. The second-order valence-corrected chi connectivity index (χ2v) is 6.76. The van der Waals surface area contributed by atoms with Gasteiger partial charge in [-0.25, -0.2) is 5.43 Å². The Bertz CT molecular complexity index is 887. The molecule has 4 nitrogen and oxygen atoms in total. The van der Waals surface area contributed by atoms with Gasteiger partial charge in [0.05, 0.1) is 13.3 Å². The van der Waals surface area contributed by atoms with Crippen molar-refractivity contribution in [1.29, 1.82) is 0 Å². The molecular weight excluding hydrogens is 489 g/mol. The summed E-state index contributed by atoms with van der Waals surface area (Å²) in [6.45, 7) is 0.192. The molecule has 2 aromatic rings. The summed E-state index contributed by atoms with van der Waals surface area (Å²) in [6, 6.07) is 5.65. The van der Waals surface area contributed by atoms with Gasteiger partial charge in [-0.2, -0.15) is 35.8 Å². The smallest absolute Gasteiger partial charge is 0.462 e. The first-order valence-electron chi connectivity index (χ1n) is 8.05. The van der Waals surface area contributed by atoms with Gasteiger partial charge in [-0.15, -0.1) is 0 Å². The van der Waals surface area contributed by atoms with Crippen molar-refractivity contribution in [2.24, 2.45) is 5.10 Å². The van der Waals surface area contributed by atoms with E-state index in [2.05, 4.69) is 21.0 Å². The van der Waals surface area contributed by atoms with Gasteiger partial charge >= 0.3 is 18.1 Å². The SMILES string of the molecule is COc1cc(/C=N/NC(F)(F)C(F)(F)C(F)(F)F)ccc1OCc1ccc(Br)cc1. The van der Waals surface area contributed by atoms with Crippen LogP contribution in [0.25, 0.3) is 0 Å². The Labute approximate surface area is 174 Å². The number of nitrogens with zero attached hydrogens (tertiary/aromatic N) is 1. The lowest BCUT2D eigenvalue weighted by Gasteiger charge is -2.27. The molecule has 12 heteroatoms. The summed E-state index contributed by atoms with van der Waals surface area (Å²) in [5, 5.41) is 2.79. The maximum absolute atomic E-state index is 13.2. The molecule has 0 spiro atoms. The molecule has 0 aliphatic heterocycles. The van der Waals surface area contributed by atoms with Crippen LogP contribution in [0.15, 0.2) is 52.0 Å². The Kier molecular flexibility index (Phi) is 7.22. The van der Waals surface area contributed by atoms with Gasteiger partial charge in [0.1, 0.15) is 6.61 Å². The Morgan fingerprint density at radius 1 is 0.967 bits per heavy atom. The lowest BCUT2D eigenvalue weighted by atomic mass is 10.2. The van der Waals surface area contributed by atoms with Crippen LogP contribution in [-0.2, 0) is 6.61 Å². The van der Waals surface area contributed by atoms with Crippen LogP contribution < -0.4 is 14.9 Å². The molecule has 0 radical (unpaired) electrons. The first-order chi connectivity index (χ1) is 13.9. The van der Waals surface area contributed by atoms with Gasteiger partial charge in [0.2, 0.25) is 0 Å². The minimum atomic E-state index is -6.45. The summed E-state index contributed by atoms with van der Waals surface area (Å²) >= 11 is 3.30. The van der Waals surface area contributed by atoms with Crippen molar-refractivity contribution >= 4 is 22.1 Å². The number of benzene rings is 2. The van der Waals surface area contributed by atoms with E-state index in [1.807, 2.05) is 24.3 Å². The van der Waals surface area contributed by atoms with E-state index < -0.39 is 18.1 Å². The molecule has 1 N–H and O–H groups in total. The molecule has 0 aliphatic carbocycles. The van der Waals surface area contributed by atoms with Gasteiger partial charge in [0.25, 0.3) is 0 Å². The predicted octanol–water partition coefficient (Wildman–Crippen LogP) is 5.75. The van der Waals surface area contributed by atoms with Gasteiger partial charge in [-0.1, -0.05) is 28.1 Å². The fourth-order valence-electron chi connectivity index (χ4n) is 2.06. The van der Waals surface area contributed by atoms with E-state index in [-0.39, 0.29) is 17.9 Å². The highest BCUT2D eigenvalue weighted by Crippen LogP contribution is 2.45. The number of nitrogens with one attached hydrogen (secondary N) is 1. The minimum absolute atomic E-state index is 0.0847. The number of halogens is 8. The minimum Gasteiger partial charge on any atom is -0.493 e. The van der Waals surface area contributed by atoms with E-state index in [0.717, 1.165) is 10.0 Å². The van der Waals surface area contributed by atoms with Crippen molar-refractivity contribution in [2.75, 3.05) is 7.11 Å². The molecule has 0 saturated carbocycles. The first kappa shape index (κ1) is 23.8. The molecule has 2 rings (SSSR count). The molecular formula is C18H14BrF7N2O2. The zero-order chi connectivity index (χ0) is 22.6. The highest BCUT2D eigenvalue weighted by Gasteiger charge is 2.73. The first-order valence-corrected chi connectivity index (χ1v) is 8.84. The van der Waals surface area contributed by atoms with Gasteiger partial charge < -0.3 is 9.47 Å². The summed E-state index contributed by atoms with van der Waals surface area (Å²) < 4.78 is 99.8. The number of hydrogen-bond donors (Lipinski definition) is 1. The van der Waals surface area contributed by atoms with Crippen molar-refractivity contribution in [3.8, 4) is 11.5 Å². The molecule has 0 amide bonds. The highest BCUT2D eigenvalue weighted by atomic mass is 79.9. The van der Waals surface area contributed by atoms with Crippen LogP contribution in [-0.4, -0.2) is 31.5 Å². The Morgan fingerprint density at radius 3 is 2.17 bits per heavy atom. The van der Waals surface area contributed by atoms with Crippen LogP contribution in [0.2, 0.25) is 0 Å². The Hall–Kier alpha value is -2.50. The lowest BCUT2D eigenvalue weighted by Crippen LogP contribution is -2.58. The van der Waals surface area contributed by atoms with Crippen molar-refractivity contribution in [2.45, 2.75) is 24.8 Å². The average molecular weight is 503 g/mol. The predicted molar refractivity (Wildman–Crippen MR) is 98.1 cm³/mol. The topological polar surface area (TPSA) is 42.8 Å². The largest absolute Gasteiger partial charge is 0.493 e. The van der Waals surface area contributed by atoms with Crippen LogP contribution in [0, 0.1) is 0 Å². The van der Waals surface area contributed by atoms with Crippen molar-refractivity contribution < 1.29 is 40.2 Å². The molecule has 2 aromatic carbocycles.